The fraction of sp³-hybridized carbons (Fsp3) is 0.500. The number of aromatic nitrogens is 3. The fourth-order valence-corrected chi connectivity index (χ4v) is 0.562. The maximum atomic E-state index is 10.6. The van der Waals surface area contributed by atoms with Gasteiger partial charge in [0, 0.05) is 7.05 Å². The van der Waals surface area contributed by atoms with Crippen molar-refractivity contribution in [3.63, 3.8) is 0 Å². The van der Waals surface area contributed by atoms with Crippen molar-refractivity contribution < 1.29 is 0 Å². The highest BCUT2D eigenvalue weighted by molar-refractivity contribution is 4.81. The Kier molecular flexibility index (Phi) is 1.35. The minimum Gasteiger partial charge on any atom is -0.324 e. The lowest BCUT2D eigenvalue weighted by Gasteiger charge is -1.89. The summed E-state index contributed by atoms with van der Waals surface area (Å²) in [5, 5.41) is 5.90. The van der Waals surface area contributed by atoms with Crippen LogP contribution in [-0.2, 0) is 13.6 Å². The Balaban J connectivity index is 3.20. The number of hydrogen-bond donors (Lipinski definition) is 2. The van der Waals surface area contributed by atoms with Crippen LogP contribution in [0.3, 0.4) is 0 Å². The first-order valence-corrected chi connectivity index (χ1v) is 2.56. The van der Waals surface area contributed by atoms with E-state index in [1.165, 1.54) is 4.57 Å². The molecule has 0 saturated heterocycles. The van der Waals surface area contributed by atoms with Gasteiger partial charge >= 0.3 is 5.69 Å². The summed E-state index contributed by atoms with van der Waals surface area (Å²) in [6.45, 7) is 0.287. The second kappa shape index (κ2) is 2.02. The van der Waals surface area contributed by atoms with E-state index in [-0.39, 0.29) is 12.2 Å². The summed E-state index contributed by atoms with van der Waals surface area (Å²) >= 11 is 0. The molecule has 5 nitrogen and oxygen atoms in total. The van der Waals surface area contributed by atoms with Gasteiger partial charge in [0.25, 0.3) is 0 Å². The summed E-state index contributed by atoms with van der Waals surface area (Å²) in [5.41, 5.74) is 5.00. The van der Waals surface area contributed by atoms with E-state index < -0.39 is 0 Å². The third-order valence-corrected chi connectivity index (χ3v) is 1.15. The molecular formula is C4H8N4O. The summed E-state index contributed by atoms with van der Waals surface area (Å²) in [4.78, 5) is 10.6. The van der Waals surface area contributed by atoms with Gasteiger partial charge in [-0.25, -0.2) is 9.89 Å². The second-order valence-electron chi connectivity index (χ2n) is 1.71. The zero-order valence-electron chi connectivity index (χ0n) is 5.09. The lowest BCUT2D eigenvalue weighted by Crippen LogP contribution is -2.15. The molecule has 50 valence electrons. The summed E-state index contributed by atoms with van der Waals surface area (Å²) in [6.07, 6.45) is 0. The normalized spacial score (nSPS) is 10.0. The van der Waals surface area contributed by atoms with Crippen LogP contribution in [0.25, 0.3) is 0 Å². The van der Waals surface area contributed by atoms with E-state index in [1.807, 2.05) is 0 Å². The van der Waals surface area contributed by atoms with Crippen molar-refractivity contribution in [1.82, 2.24) is 14.8 Å². The van der Waals surface area contributed by atoms with Gasteiger partial charge in [-0.2, -0.15) is 5.10 Å². The molecular weight excluding hydrogens is 120 g/mol. The van der Waals surface area contributed by atoms with Crippen molar-refractivity contribution in [2.45, 2.75) is 6.54 Å². The molecule has 3 N–H and O–H groups in total. The van der Waals surface area contributed by atoms with E-state index in [9.17, 15) is 4.79 Å². The van der Waals surface area contributed by atoms with Crippen molar-refractivity contribution in [3.8, 4) is 0 Å². The van der Waals surface area contributed by atoms with Gasteiger partial charge in [0.1, 0.15) is 5.82 Å². The van der Waals surface area contributed by atoms with E-state index in [1.54, 1.807) is 7.05 Å². The molecule has 9 heavy (non-hydrogen) atoms. The Bertz CT molecular complexity index is 247. The second-order valence-corrected chi connectivity index (χ2v) is 1.71. The van der Waals surface area contributed by atoms with E-state index in [0.717, 1.165) is 0 Å². The van der Waals surface area contributed by atoms with E-state index >= 15 is 0 Å². The van der Waals surface area contributed by atoms with Gasteiger partial charge < -0.3 is 5.73 Å². The Morgan fingerprint density at radius 3 is 2.78 bits per heavy atom. The molecule has 0 aromatic carbocycles. The number of H-pyrrole nitrogens is 1. The number of nitrogens with two attached hydrogens (primary N) is 1. The van der Waals surface area contributed by atoms with Crippen LogP contribution in [0, 0.1) is 0 Å². The third kappa shape index (κ3) is 0.857. The quantitative estimate of drug-likeness (QED) is 0.486. The average molecular weight is 128 g/mol. The fourth-order valence-electron chi connectivity index (χ4n) is 0.562. The molecule has 0 atom stereocenters. The Morgan fingerprint density at radius 1 is 1.89 bits per heavy atom. The van der Waals surface area contributed by atoms with Crippen molar-refractivity contribution in [2.24, 2.45) is 12.8 Å². The predicted molar refractivity (Wildman–Crippen MR) is 31.7 cm³/mol. The van der Waals surface area contributed by atoms with E-state index in [4.69, 9.17) is 5.73 Å². The largest absolute Gasteiger partial charge is 0.343 e. The molecule has 0 spiro atoms. The molecule has 0 unspecified atom stereocenters. The molecule has 0 aliphatic rings. The maximum Gasteiger partial charge on any atom is 0.343 e. The smallest absolute Gasteiger partial charge is 0.324 e. The van der Waals surface area contributed by atoms with Crippen LogP contribution in [0.1, 0.15) is 5.82 Å². The molecule has 0 amide bonds. The summed E-state index contributed by atoms with van der Waals surface area (Å²) in [7, 11) is 1.62. The number of rotatable bonds is 1. The van der Waals surface area contributed by atoms with Crippen LogP contribution in [0.4, 0.5) is 0 Å². The van der Waals surface area contributed by atoms with Crippen LogP contribution in [0.15, 0.2) is 4.79 Å². The number of nitrogens with one attached hydrogen (secondary N) is 1. The Hall–Kier alpha value is -1.10. The van der Waals surface area contributed by atoms with Crippen molar-refractivity contribution in [3.05, 3.63) is 16.3 Å². The van der Waals surface area contributed by atoms with Gasteiger partial charge in [-0.15, -0.1) is 0 Å². The SMILES string of the molecule is Cn1c(CN)n[nH]c1=O. The van der Waals surface area contributed by atoms with Gasteiger partial charge in [0.05, 0.1) is 6.54 Å². The summed E-state index contributed by atoms with van der Waals surface area (Å²) < 4.78 is 1.38. The molecule has 0 aliphatic carbocycles. The highest BCUT2D eigenvalue weighted by Crippen LogP contribution is 1.80. The Morgan fingerprint density at radius 2 is 2.56 bits per heavy atom. The molecule has 0 bridgehead atoms. The average Bonchev–Trinajstić information content (AvgIpc) is 2.15. The molecule has 5 heteroatoms. The molecule has 1 rings (SSSR count). The third-order valence-electron chi connectivity index (χ3n) is 1.15. The lowest BCUT2D eigenvalue weighted by molar-refractivity contribution is 0.774. The van der Waals surface area contributed by atoms with E-state index in [0.29, 0.717) is 5.82 Å². The van der Waals surface area contributed by atoms with Gasteiger partial charge in [0.2, 0.25) is 0 Å². The minimum atomic E-state index is -0.226. The van der Waals surface area contributed by atoms with Gasteiger partial charge in [0.15, 0.2) is 0 Å². The molecule has 0 saturated carbocycles. The number of nitrogens with zero attached hydrogens (tertiary/aromatic N) is 2. The molecule has 0 fully saturated rings. The van der Waals surface area contributed by atoms with Crippen molar-refractivity contribution in [2.75, 3.05) is 0 Å². The highest BCUT2D eigenvalue weighted by atomic mass is 16.1. The molecule has 1 heterocycles. The summed E-state index contributed by atoms with van der Waals surface area (Å²) in [5.74, 6) is 0.569. The topological polar surface area (TPSA) is 76.7 Å². The zero-order valence-corrected chi connectivity index (χ0v) is 5.09. The van der Waals surface area contributed by atoms with E-state index in [2.05, 4.69) is 10.2 Å². The monoisotopic (exact) mass is 128 g/mol. The first kappa shape index (κ1) is 6.03. The first-order valence-electron chi connectivity index (χ1n) is 2.56. The van der Waals surface area contributed by atoms with Crippen molar-refractivity contribution >= 4 is 0 Å². The number of aromatic amines is 1. The van der Waals surface area contributed by atoms with Gasteiger partial charge in [-0.3, -0.25) is 4.57 Å². The standard InChI is InChI=1S/C4H8N4O/c1-8-3(2-5)6-7-4(8)9/h2,5H2,1H3,(H,7,9). The first-order chi connectivity index (χ1) is 4.25. The summed E-state index contributed by atoms with van der Waals surface area (Å²) in [6, 6.07) is 0. The highest BCUT2D eigenvalue weighted by Gasteiger charge is 1.98. The van der Waals surface area contributed by atoms with Gasteiger partial charge in [-0.05, 0) is 0 Å². The van der Waals surface area contributed by atoms with Crippen LogP contribution in [0.2, 0.25) is 0 Å². The van der Waals surface area contributed by atoms with Crippen LogP contribution >= 0.6 is 0 Å². The maximum absolute atomic E-state index is 10.6. The van der Waals surface area contributed by atoms with Crippen LogP contribution in [0.5, 0.6) is 0 Å². The van der Waals surface area contributed by atoms with Crippen molar-refractivity contribution in [1.29, 1.82) is 0 Å². The number of hydrogen-bond acceptors (Lipinski definition) is 3. The van der Waals surface area contributed by atoms with Gasteiger partial charge in [-0.1, -0.05) is 0 Å². The molecule has 1 aromatic heterocycles. The molecule has 1 aromatic rings. The lowest BCUT2D eigenvalue weighted by atomic mass is 10.6. The molecule has 0 aliphatic heterocycles. The molecule has 0 radical (unpaired) electrons. The predicted octanol–water partition coefficient (Wildman–Crippen LogP) is -1.43. The van der Waals surface area contributed by atoms with Crippen LogP contribution in [-0.4, -0.2) is 14.8 Å². The minimum absolute atomic E-state index is 0.226. The Labute approximate surface area is 51.5 Å². The zero-order chi connectivity index (χ0) is 6.85. The van der Waals surface area contributed by atoms with Crippen LogP contribution < -0.4 is 11.4 Å².